The Balaban J connectivity index is 1.31. The van der Waals surface area contributed by atoms with Crippen molar-refractivity contribution >= 4 is 42.6 Å². The molecule has 1 aliphatic heterocycles. The van der Waals surface area contributed by atoms with E-state index in [0.29, 0.717) is 21.9 Å². The summed E-state index contributed by atoms with van der Waals surface area (Å²) in [5, 5.41) is 17.6. The lowest BCUT2D eigenvalue weighted by molar-refractivity contribution is -0.140. The lowest BCUT2D eigenvalue weighted by atomic mass is 9.57. The van der Waals surface area contributed by atoms with E-state index in [9.17, 15) is 18.7 Å². The Morgan fingerprint density at radius 1 is 0.984 bits per heavy atom. The number of fused-ring (bicyclic) bond motifs is 5. The lowest BCUT2D eigenvalue weighted by Crippen LogP contribution is -2.68. The smallest absolute Gasteiger partial charge is 0.507 e. The van der Waals surface area contributed by atoms with Crippen LogP contribution >= 0.6 is 0 Å². The van der Waals surface area contributed by atoms with Gasteiger partial charge in [0.2, 0.25) is 11.6 Å². The number of ether oxygens (including phenoxy) is 3. The van der Waals surface area contributed by atoms with Crippen LogP contribution in [0.3, 0.4) is 0 Å². The van der Waals surface area contributed by atoms with E-state index in [2.05, 4.69) is 5.16 Å². The highest BCUT2D eigenvalue weighted by molar-refractivity contribution is 6.74. The average Bonchev–Trinajstić information content (AvgIpc) is 3.57. The van der Waals surface area contributed by atoms with Gasteiger partial charge in [-0.2, -0.15) is 0 Å². The van der Waals surface area contributed by atoms with E-state index >= 15 is 9.59 Å². The fraction of sp³-hybridized carbons (Fsp3) is 0.489. The van der Waals surface area contributed by atoms with E-state index in [1.807, 2.05) is 101 Å². The second kappa shape index (κ2) is 15.1. The molecule has 4 atom stereocenters. The van der Waals surface area contributed by atoms with Gasteiger partial charge in [-0.1, -0.05) is 69.3 Å². The summed E-state index contributed by atoms with van der Waals surface area (Å²) < 4.78 is 58.7. The molecule has 330 valence electrons. The number of aliphatic hydroxyl groups is 1. The molecule has 8 rings (SSSR count). The van der Waals surface area contributed by atoms with Crippen molar-refractivity contribution in [1.29, 1.82) is 0 Å². The number of rotatable bonds is 9. The minimum Gasteiger partial charge on any atom is -0.507 e. The molecule has 1 saturated carbocycles. The number of hydrogen-bond acceptors (Lipinski definition) is 12. The number of aliphatic hydroxyl groups excluding tert-OH is 1. The number of hydrogen-bond donors (Lipinski definition) is 1. The summed E-state index contributed by atoms with van der Waals surface area (Å²) in [5.41, 5.74) is -0.808. The van der Waals surface area contributed by atoms with Gasteiger partial charge in [-0.25, -0.2) is 13.6 Å². The quantitative estimate of drug-likeness (QED) is 0.0742. The van der Waals surface area contributed by atoms with Gasteiger partial charge >= 0.3 is 6.16 Å². The zero-order chi connectivity index (χ0) is 44.9. The highest BCUT2D eigenvalue weighted by Crippen LogP contribution is 2.59. The Morgan fingerprint density at radius 3 is 2.31 bits per heavy atom. The van der Waals surface area contributed by atoms with Gasteiger partial charge in [-0.05, 0) is 105 Å². The molecular weight excluding hydrogens is 817 g/mol. The Hall–Kier alpha value is -4.96. The van der Waals surface area contributed by atoms with Crippen LogP contribution in [0.1, 0.15) is 92.4 Å². The first-order valence-electron chi connectivity index (χ1n) is 21.1. The number of halogens is 2. The van der Waals surface area contributed by atoms with Crippen LogP contribution < -0.4 is 9.47 Å². The molecule has 1 aromatic heterocycles. The largest absolute Gasteiger partial charge is 0.514 e. The van der Waals surface area contributed by atoms with Crippen molar-refractivity contribution in [3.05, 3.63) is 93.7 Å². The second-order valence-electron chi connectivity index (χ2n) is 20.0. The van der Waals surface area contributed by atoms with Crippen LogP contribution in [0, 0.1) is 11.8 Å². The highest BCUT2D eigenvalue weighted by Gasteiger charge is 2.69. The van der Waals surface area contributed by atoms with Gasteiger partial charge in [-0.3, -0.25) is 19.4 Å². The summed E-state index contributed by atoms with van der Waals surface area (Å²) in [5.74, 6) is -5.70. The van der Waals surface area contributed by atoms with E-state index in [-0.39, 0.29) is 73.2 Å². The molecule has 62 heavy (non-hydrogen) atoms. The fourth-order valence-electron chi connectivity index (χ4n) is 9.29. The van der Waals surface area contributed by atoms with Crippen molar-refractivity contribution in [2.24, 2.45) is 11.8 Å². The van der Waals surface area contributed by atoms with Crippen molar-refractivity contribution in [3.63, 3.8) is 0 Å². The van der Waals surface area contributed by atoms with Gasteiger partial charge in [-0.15, -0.1) is 0 Å². The monoisotopic (exact) mass is 871 g/mol. The van der Waals surface area contributed by atoms with Gasteiger partial charge in [0.15, 0.2) is 25.4 Å². The van der Waals surface area contributed by atoms with Crippen molar-refractivity contribution in [1.82, 2.24) is 15.0 Å². The number of likely N-dealkylation sites (tertiary alicyclic amines) is 1. The number of carbonyl (C=O) groups excluding carboxylic acids is 3. The topological polar surface area (TPSA) is 141 Å². The van der Waals surface area contributed by atoms with E-state index < -0.39 is 71.8 Å². The summed E-state index contributed by atoms with van der Waals surface area (Å²) in [4.78, 5) is 48.6. The third-order valence-corrected chi connectivity index (χ3v) is 17.5. The molecule has 1 N–H and O–H groups in total. The minimum atomic E-state index is -3.01. The Labute approximate surface area is 361 Å². The minimum absolute atomic E-state index is 0.00247. The number of ketones is 2. The maximum Gasteiger partial charge on any atom is 0.514 e. The highest BCUT2D eigenvalue weighted by atomic mass is 28.4. The van der Waals surface area contributed by atoms with Crippen molar-refractivity contribution in [3.8, 4) is 11.6 Å². The summed E-state index contributed by atoms with van der Waals surface area (Å²) >= 11 is 0. The van der Waals surface area contributed by atoms with E-state index in [1.54, 1.807) is 31.7 Å². The Bertz CT molecular complexity index is 2500. The van der Waals surface area contributed by atoms with Gasteiger partial charge in [0.1, 0.15) is 23.5 Å². The van der Waals surface area contributed by atoms with Crippen LogP contribution in [0.15, 0.2) is 64.7 Å². The van der Waals surface area contributed by atoms with E-state index in [4.69, 9.17) is 23.2 Å². The molecule has 2 fully saturated rings. The summed E-state index contributed by atoms with van der Waals surface area (Å²) in [6.45, 7) is 14.7. The second-order valence-corrected chi connectivity index (χ2v) is 24.8. The first kappa shape index (κ1) is 43.7. The van der Waals surface area contributed by atoms with Gasteiger partial charge < -0.3 is 28.3 Å². The maximum atomic E-state index is 15.9. The normalized spacial score (nSPS) is 23.7. The van der Waals surface area contributed by atoms with Crippen molar-refractivity contribution in [2.75, 3.05) is 27.2 Å². The molecule has 1 saturated heterocycles. The third-order valence-electron chi connectivity index (χ3n) is 13.0. The Kier molecular flexibility index (Phi) is 10.6. The SMILES string of the molecule is CN(C)[C@@H]1c2onc(OCc3ccccc3)c2C(=O)[C@@]2(O[Si](C)(C)C(C)(C)C)C(=O)C3=C(O)c4c(cc5ccc(CN6CC(F)(F)C6)cc5c4OC(=O)OC(C)(C)C)C[C@H]3C[C@@H]12. The first-order valence-corrected chi connectivity index (χ1v) is 24.0. The molecule has 3 aromatic carbocycles. The number of benzene rings is 3. The molecule has 0 bridgehead atoms. The first-order chi connectivity index (χ1) is 28.9. The van der Waals surface area contributed by atoms with Gasteiger partial charge in [0, 0.05) is 23.4 Å². The van der Waals surface area contributed by atoms with Gasteiger partial charge in [0.05, 0.1) is 24.7 Å². The van der Waals surface area contributed by atoms with Crippen molar-refractivity contribution < 1.29 is 51.4 Å². The predicted molar refractivity (Wildman–Crippen MR) is 230 cm³/mol. The fourth-order valence-corrected chi connectivity index (χ4v) is 10.7. The maximum absolute atomic E-state index is 15.9. The van der Waals surface area contributed by atoms with Crippen LogP contribution in [0.2, 0.25) is 18.1 Å². The average molecular weight is 872 g/mol. The molecule has 2 heterocycles. The van der Waals surface area contributed by atoms with Crippen LogP contribution in [0.4, 0.5) is 13.6 Å². The molecule has 3 aliphatic carbocycles. The number of nitrogens with zero attached hydrogens (tertiary/aromatic N) is 3. The molecule has 12 nitrogen and oxygen atoms in total. The van der Waals surface area contributed by atoms with Gasteiger partial charge in [0.25, 0.3) is 11.8 Å². The van der Waals surface area contributed by atoms with E-state index in [1.165, 1.54) is 0 Å². The zero-order valence-corrected chi connectivity index (χ0v) is 38.0. The Morgan fingerprint density at radius 2 is 1.68 bits per heavy atom. The molecule has 15 heteroatoms. The predicted octanol–water partition coefficient (Wildman–Crippen LogP) is 9.46. The van der Waals surface area contributed by atoms with Crippen LogP contribution in [-0.2, 0) is 33.5 Å². The lowest BCUT2D eigenvalue weighted by Gasteiger charge is -2.55. The molecular formula is C47H55F2N3O9Si. The summed E-state index contributed by atoms with van der Waals surface area (Å²) in [7, 11) is 0.697. The van der Waals surface area contributed by atoms with Crippen molar-refractivity contribution in [2.45, 2.75) is 109 Å². The number of carbonyl (C=O) groups is 3. The zero-order valence-electron chi connectivity index (χ0n) is 37.0. The third kappa shape index (κ3) is 7.54. The van der Waals surface area contributed by atoms with Crippen LogP contribution in [-0.4, -0.2) is 90.4 Å². The number of aromatic nitrogens is 1. The molecule has 4 aliphatic rings. The molecule has 4 aromatic rings. The summed E-state index contributed by atoms with van der Waals surface area (Å²) in [6, 6.07) is 16.0. The summed E-state index contributed by atoms with van der Waals surface area (Å²) in [6.07, 6.45) is -0.540. The standard InChI is InChI=1S/C47H55F2N3O9Si/c1-44(2,3)59-43(56)58-38-31-18-27(22-52-24-46(48,49)25-52)16-17-28(31)19-29-20-30-21-32-36(51(7)8)39-35(42(50-60-39)57-23-26-14-12-11-13-15-26)41(55)47(32,61-62(9,10)45(4,5)6)40(54)34(30)37(53)33(29)38/h11-19,30,32,36,53H,20-25H2,1-10H3/t30-,32-,36-,47-/m0/s1. The van der Waals surface area contributed by atoms with Crippen LogP contribution in [0.25, 0.3) is 16.5 Å². The molecule has 0 unspecified atom stereocenters. The number of Topliss-reactive ketones (excluding diaryl/α,β-unsaturated/α-hetero) is 2. The molecule has 0 spiro atoms. The molecule has 0 radical (unpaired) electrons. The van der Waals surface area contributed by atoms with Crippen LogP contribution in [0.5, 0.6) is 11.6 Å². The van der Waals surface area contributed by atoms with E-state index in [0.717, 1.165) is 5.56 Å². The molecule has 0 amide bonds. The number of alkyl halides is 2.